The molecule has 0 fully saturated rings. The molecule has 10 nitrogen and oxygen atoms in total. The molecule has 0 rings (SSSR count). The zero-order valence-electron chi connectivity index (χ0n) is 8.92. The quantitative estimate of drug-likeness (QED) is 0.387. The Bertz CT molecular complexity index is 453. The molecule has 18 heavy (non-hydrogen) atoms. The predicted molar refractivity (Wildman–Crippen MR) is 54.6 cm³/mol. The zero-order chi connectivity index (χ0) is 14.6. The van der Waals surface area contributed by atoms with Crippen LogP contribution >= 0.6 is 15.6 Å². The highest BCUT2D eigenvalue weighted by Gasteiger charge is 2.25. The van der Waals surface area contributed by atoms with E-state index >= 15 is 0 Å². The van der Waals surface area contributed by atoms with E-state index in [1.165, 1.54) is 6.92 Å². The molecule has 0 saturated heterocycles. The summed E-state index contributed by atoms with van der Waals surface area (Å²) in [7, 11) is -10.1. The summed E-state index contributed by atoms with van der Waals surface area (Å²) in [6.45, 7) is 1.34. The van der Waals surface area contributed by atoms with E-state index in [4.69, 9.17) is 19.6 Å². The normalized spacial score (nSPS) is 13.1. The molecule has 0 saturated carbocycles. The molecule has 0 aliphatic carbocycles. The number of phosphoric acid groups is 2. The standard InChI is InChI=1S/C6H10O10P2/c1-2-4(6(8)16-18(12,13)14)3-5(7)15-17(9,10)11/h3H,2H2,1H3,(H2,9,10,11)(H2,12,13,14)/b4-3+. The number of carbonyl (C=O) groups excluding carboxylic acids is 2. The van der Waals surface area contributed by atoms with Gasteiger partial charge in [-0.15, -0.1) is 0 Å². The highest BCUT2D eigenvalue weighted by atomic mass is 31.2. The Morgan fingerprint density at radius 3 is 1.83 bits per heavy atom. The molecule has 104 valence electrons. The van der Waals surface area contributed by atoms with Gasteiger partial charge in [0.15, 0.2) is 0 Å². The molecule has 0 aromatic carbocycles. The number of hydrogen-bond acceptors (Lipinski definition) is 6. The minimum atomic E-state index is -5.07. The number of rotatable bonds is 5. The van der Waals surface area contributed by atoms with Gasteiger partial charge in [0.1, 0.15) is 0 Å². The van der Waals surface area contributed by atoms with Gasteiger partial charge < -0.3 is 9.05 Å². The topological polar surface area (TPSA) is 168 Å². The third kappa shape index (κ3) is 8.13. The minimum Gasteiger partial charge on any atom is -0.367 e. The largest absolute Gasteiger partial charge is 0.527 e. The van der Waals surface area contributed by atoms with Gasteiger partial charge in [0, 0.05) is 11.6 Å². The lowest BCUT2D eigenvalue weighted by Crippen LogP contribution is -2.09. The zero-order valence-corrected chi connectivity index (χ0v) is 10.7. The summed E-state index contributed by atoms with van der Waals surface area (Å²) in [6.07, 6.45) is 0.201. The lowest BCUT2D eigenvalue weighted by molar-refractivity contribution is -0.134. The van der Waals surface area contributed by atoms with E-state index in [-0.39, 0.29) is 6.42 Å². The molecule has 0 radical (unpaired) electrons. The molecule has 0 aliphatic heterocycles. The van der Waals surface area contributed by atoms with Crippen LogP contribution in [0.2, 0.25) is 0 Å². The maximum atomic E-state index is 11.1. The van der Waals surface area contributed by atoms with Gasteiger partial charge in [0.05, 0.1) is 0 Å². The number of hydrogen-bond donors (Lipinski definition) is 4. The molecular formula is C6H10O10P2. The molecule has 0 heterocycles. The van der Waals surface area contributed by atoms with Gasteiger partial charge >= 0.3 is 27.6 Å². The summed E-state index contributed by atoms with van der Waals surface area (Å²) < 4.78 is 27.9. The third-order valence-corrected chi connectivity index (χ3v) is 2.17. The molecule has 0 spiro atoms. The van der Waals surface area contributed by atoms with Crippen LogP contribution in [-0.2, 0) is 27.8 Å². The van der Waals surface area contributed by atoms with E-state index in [1.54, 1.807) is 0 Å². The Hall–Kier alpha value is -1.02. The monoisotopic (exact) mass is 304 g/mol. The fourth-order valence-electron chi connectivity index (χ4n) is 0.758. The van der Waals surface area contributed by atoms with E-state index < -0.39 is 33.2 Å². The fraction of sp³-hybridized carbons (Fsp3) is 0.333. The van der Waals surface area contributed by atoms with E-state index in [9.17, 15) is 18.7 Å². The summed E-state index contributed by atoms with van der Waals surface area (Å²) in [4.78, 5) is 55.3. The van der Waals surface area contributed by atoms with Crippen molar-refractivity contribution in [2.45, 2.75) is 13.3 Å². The van der Waals surface area contributed by atoms with Crippen LogP contribution in [0.15, 0.2) is 11.6 Å². The molecule has 0 aromatic heterocycles. The van der Waals surface area contributed by atoms with Gasteiger partial charge in [-0.05, 0) is 6.42 Å². The molecule has 0 amide bonds. The second-order valence-corrected chi connectivity index (χ2v) is 5.12. The average molecular weight is 304 g/mol. The molecule has 12 heteroatoms. The summed E-state index contributed by atoms with van der Waals surface area (Å²) in [5.74, 6) is -3.03. The number of carbonyl (C=O) groups is 2. The van der Waals surface area contributed by atoms with Crippen LogP contribution in [0.5, 0.6) is 0 Å². The van der Waals surface area contributed by atoms with Crippen molar-refractivity contribution in [3.63, 3.8) is 0 Å². The van der Waals surface area contributed by atoms with Gasteiger partial charge in [-0.1, -0.05) is 6.92 Å². The lowest BCUT2D eigenvalue weighted by atomic mass is 10.2. The number of phosphoric ester groups is 2. The molecular weight excluding hydrogens is 294 g/mol. The molecule has 0 bridgehead atoms. The maximum Gasteiger partial charge on any atom is 0.527 e. The second kappa shape index (κ2) is 6.24. The Kier molecular flexibility index (Phi) is 5.88. The summed E-state index contributed by atoms with van der Waals surface area (Å²) >= 11 is 0. The van der Waals surface area contributed by atoms with Crippen molar-refractivity contribution in [2.24, 2.45) is 0 Å². The molecule has 0 aromatic rings. The summed E-state index contributed by atoms with van der Waals surface area (Å²) in [5.41, 5.74) is -0.517. The molecule has 4 N–H and O–H groups in total. The second-order valence-electron chi connectivity index (χ2n) is 2.79. The summed E-state index contributed by atoms with van der Waals surface area (Å²) in [6, 6.07) is 0. The smallest absolute Gasteiger partial charge is 0.367 e. The maximum absolute atomic E-state index is 11.1. The first-order valence-corrected chi connectivity index (χ1v) is 7.30. The molecule has 0 unspecified atom stereocenters. The van der Waals surface area contributed by atoms with Gasteiger partial charge in [0.25, 0.3) is 0 Å². The van der Waals surface area contributed by atoms with Crippen molar-refractivity contribution in [1.29, 1.82) is 0 Å². The van der Waals surface area contributed by atoms with Gasteiger partial charge in [-0.3, -0.25) is 19.6 Å². The third-order valence-electron chi connectivity index (χ3n) is 1.35. The molecule has 0 aliphatic rings. The van der Waals surface area contributed by atoms with Crippen LogP contribution in [0.3, 0.4) is 0 Å². The Labute approximate surface area is 101 Å². The average Bonchev–Trinajstić information content (AvgIpc) is 2.07. The van der Waals surface area contributed by atoms with Crippen molar-refractivity contribution in [3.05, 3.63) is 11.6 Å². The van der Waals surface area contributed by atoms with Crippen molar-refractivity contribution in [1.82, 2.24) is 0 Å². The van der Waals surface area contributed by atoms with E-state index in [1.807, 2.05) is 0 Å². The van der Waals surface area contributed by atoms with Crippen molar-refractivity contribution in [2.75, 3.05) is 0 Å². The first kappa shape index (κ1) is 17.0. The van der Waals surface area contributed by atoms with Crippen molar-refractivity contribution in [3.8, 4) is 0 Å². The molecule has 0 atom stereocenters. The van der Waals surface area contributed by atoms with Gasteiger partial charge in [0.2, 0.25) is 0 Å². The minimum absolute atomic E-state index is 0.172. The van der Waals surface area contributed by atoms with Crippen LogP contribution in [0.4, 0.5) is 0 Å². The first-order valence-electron chi connectivity index (χ1n) is 4.23. The van der Waals surface area contributed by atoms with Crippen LogP contribution in [0.25, 0.3) is 0 Å². The van der Waals surface area contributed by atoms with E-state index in [2.05, 4.69) is 9.05 Å². The van der Waals surface area contributed by atoms with Crippen LogP contribution in [0.1, 0.15) is 13.3 Å². The highest BCUT2D eigenvalue weighted by molar-refractivity contribution is 7.47. The lowest BCUT2D eigenvalue weighted by Gasteiger charge is -2.07. The Morgan fingerprint density at radius 2 is 1.50 bits per heavy atom. The van der Waals surface area contributed by atoms with E-state index in [0.29, 0.717) is 6.08 Å². The van der Waals surface area contributed by atoms with Crippen LogP contribution < -0.4 is 0 Å². The Balaban J connectivity index is 4.88. The fourth-order valence-corrected chi connectivity index (χ4v) is 1.38. The van der Waals surface area contributed by atoms with Crippen molar-refractivity contribution >= 4 is 27.6 Å². The first-order chi connectivity index (χ1) is 7.94. The predicted octanol–water partition coefficient (Wildman–Crippen LogP) is -0.405. The van der Waals surface area contributed by atoms with Gasteiger partial charge in [-0.2, -0.15) is 0 Å². The van der Waals surface area contributed by atoms with Crippen molar-refractivity contribution < 1.29 is 47.3 Å². The van der Waals surface area contributed by atoms with Crippen LogP contribution in [-0.4, -0.2) is 31.5 Å². The van der Waals surface area contributed by atoms with E-state index in [0.717, 1.165) is 0 Å². The highest BCUT2D eigenvalue weighted by Crippen LogP contribution is 2.38. The van der Waals surface area contributed by atoms with Crippen LogP contribution in [0, 0.1) is 0 Å². The SMILES string of the molecule is CC/C(=C\C(=O)OP(=O)(O)O)C(=O)OP(=O)(O)O. The Morgan fingerprint density at radius 1 is 1.06 bits per heavy atom. The van der Waals surface area contributed by atoms with Gasteiger partial charge in [-0.25, -0.2) is 18.7 Å². The summed E-state index contributed by atoms with van der Waals surface area (Å²) in [5, 5.41) is 0.